The van der Waals surface area contributed by atoms with Crippen molar-refractivity contribution in [3.8, 4) is 0 Å². The van der Waals surface area contributed by atoms with E-state index in [2.05, 4.69) is 4.98 Å². The van der Waals surface area contributed by atoms with Crippen LogP contribution in [0.5, 0.6) is 0 Å². The lowest BCUT2D eigenvalue weighted by Crippen LogP contribution is -2.09. The highest BCUT2D eigenvalue weighted by Crippen LogP contribution is 2.28. The Hall–Kier alpha value is -1.78. The highest BCUT2D eigenvalue weighted by Gasteiger charge is 2.23. The topological polar surface area (TPSA) is 79.4 Å². The molecule has 0 saturated carbocycles. The summed E-state index contributed by atoms with van der Waals surface area (Å²) in [4.78, 5) is 25.7. The molecule has 0 spiro atoms. The van der Waals surface area contributed by atoms with E-state index in [9.17, 15) is 14.7 Å². The molecule has 5 nitrogen and oxygen atoms in total. The van der Waals surface area contributed by atoms with Crippen molar-refractivity contribution in [1.82, 2.24) is 4.98 Å². The number of hydrogen-bond acceptors (Lipinski definition) is 3. The van der Waals surface area contributed by atoms with Crippen molar-refractivity contribution in [2.24, 2.45) is 0 Å². The molecule has 0 saturated heterocycles. The molecule has 19 heavy (non-hydrogen) atoms. The van der Waals surface area contributed by atoms with Crippen LogP contribution in [-0.4, -0.2) is 28.6 Å². The Balaban J connectivity index is 2.19. The predicted molar refractivity (Wildman–Crippen MR) is 69.3 cm³/mol. The van der Waals surface area contributed by atoms with Gasteiger partial charge in [0.15, 0.2) is 0 Å². The second-order valence-electron chi connectivity index (χ2n) is 4.75. The maximum atomic E-state index is 11.4. The average molecular weight is 265 g/mol. The summed E-state index contributed by atoms with van der Waals surface area (Å²) in [7, 11) is 0. The van der Waals surface area contributed by atoms with Crippen LogP contribution in [0, 0.1) is 0 Å². The fraction of sp³-hybridized carbons (Fsp3) is 0.571. The molecule has 2 rings (SSSR count). The van der Waals surface area contributed by atoms with Gasteiger partial charge in [-0.2, -0.15) is 0 Å². The Labute approximate surface area is 112 Å². The molecular weight excluding hydrogens is 246 g/mol. The quantitative estimate of drug-likeness (QED) is 0.799. The van der Waals surface area contributed by atoms with Crippen molar-refractivity contribution in [1.29, 1.82) is 0 Å². The molecule has 1 aromatic rings. The van der Waals surface area contributed by atoms with Crippen LogP contribution >= 0.6 is 0 Å². The van der Waals surface area contributed by atoms with Gasteiger partial charge in [0.05, 0.1) is 6.61 Å². The minimum atomic E-state index is -0.951. The number of hydrogen-bond donors (Lipinski definition) is 2. The summed E-state index contributed by atoms with van der Waals surface area (Å²) in [6, 6.07) is 0. The largest absolute Gasteiger partial charge is 0.477 e. The summed E-state index contributed by atoms with van der Waals surface area (Å²) in [5.41, 5.74) is 3.17. The molecule has 0 radical (unpaired) electrons. The van der Waals surface area contributed by atoms with Gasteiger partial charge in [-0.05, 0) is 50.2 Å². The molecule has 1 aliphatic carbocycles. The van der Waals surface area contributed by atoms with Gasteiger partial charge in [0.25, 0.3) is 0 Å². The summed E-state index contributed by atoms with van der Waals surface area (Å²) in [6.45, 7) is 2.12. The lowest BCUT2D eigenvalue weighted by molar-refractivity contribution is -0.143. The third kappa shape index (κ3) is 2.97. The molecule has 5 heteroatoms. The van der Waals surface area contributed by atoms with E-state index in [1.54, 1.807) is 6.92 Å². The first kappa shape index (κ1) is 13.6. The molecule has 0 atom stereocenters. The van der Waals surface area contributed by atoms with Gasteiger partial charge in [-0.15, -0.1) is 0 Å². The number of carbonyl (C=O) groups is 2. The van der Waals surface area contributed by atoms with E-state index >= 15 is 0 Å². The molecule has 1 aliphatic rings. The number of aromatic amines is 1. The van der Waals surface area contributed by atoms with Gasteiger partial charge < -0.3 is 14.8 Å². The van der Waals surface area contributed by atoms with Crippen molar-refractivity contribution < 1.29 is 19.4 Å². The summed E-state index contributed by atoms with van der Waals surface area (Å²) in [5.74, 6) is -1.22. The molecule has 0 bridgehead atoms. The Morgan fingerprint density at radius 1 is 1.32 bits per heavy atom. The summed E-state index contributed by atoms with van der Waals surface area (Å²) < 4.78 is 4.89. The van der Waals surface area contributed by atoms with Gasteiger partial charge in [-0.1, -0.05) is 0 Å². The molecule has 0 aromatic carbocycles. The Morgan fingerprint density at radius 3 is 2.74 bits per heavy atom. The number of ether oxygens (including phenoxy) is 1. The zero-order valence-corrected chi connectivity index (χ0v) is 11.1. The molecule has 1 heterocycles. The second-order valence-corrected chi connectivity index (χ2v) is 4.75. The van der Waals surface area contributed by atoms with Crippen LogP contribution in [0.25, 0.3) is 0 Å². The number of aromatic nitrogens is 1. The number of carbonyl (C=O) groups excluding carboxylic acids is 1. The van der Waals surface area contributed by atoms with E-state index in [4.69, 9.17) is 4.74 Å². The number of esters is 1. The van der Waals surface area contributed by atoms with E-state index in [0.717, 1.165) is 42.5 Å². The molecule has 104 valence electrons. The first-order valence-corrected chi connectivity index (χ1v) is 6.75. The van der Waals surface area contributed by atoms with Gasteiger partial charge in [-0.25, -0.2) is 4.79 Å². The van der Waals surface area contributed by atoms with Gasteiger partial charge in [-0.3, -0.25) is 4.79 Å². The minimum Gasteiger partial charge on any atom is -0.477 e. The normalized spacial score (nSPS) is 13.9. The number of carboxylic acids is 1. The van der Waals surface area contributed by atoms with Crippen molar-refractivity contribution in [3.63, 3.8) is 0 Å². The molecular formula is C14H19NO4. The van der Waals surface area contributed by atoms with Crippen LogP contribution in [0.3, 0.4) is 0 Å². The van der Waals surface area contributed by atoms with Crippen molar-refractivity contribution >= 4 is 11.9 Å². The van der Waals surface area contributed by atoms with Gasteiger partial charge in [0, 0.05) is 12.1 Å². The van der Waals surface area contributed by atoms with Crippen molar-refractivity contribution in [2.45, 2.75) is 45.4 Å². The second kappa shape index (κ2) is 5.91. The number of H-pyrrole nitrogens is 1. The van der Waals surface area contributed by atoms with Crippen molar-refractivity contribution in [2.75, 3.05) is 6.61 Å². The molecule has 0 fully saturated rings. The lowest BCUT2D eigenvalue weighted by Gasteiger charge is -2.12. The maximum Gasteiger partial charge on any atom is 0.352 e. The van der Waals surface area contributed by atoms with Crippen LogP contribution in [0.2, 0.25) is 0 Å². The highest BCUT2D eigenvalue weighted by molar-refractivity contribution is 5.88. The van der Waals surface area contributed by atoms with Gasteiger partial charge >= 0.3 is 11.9 Å². The fourth-order valence-electron chi connectivity index (χ4n) is 2.67. The third-order valence-electron chi connectivity index (χ3n) is 3.51. The summed E-state index contributed by atoms with van der Waals surface area (Å²) >= 11 is 0. The van der Waals surface area contributed by atoms with E-state index in [1.807, 2.05) is 0 Å². The molecule has 0 aliphatic heterocycles. The smallest absolute Gasteiger partial charge is 0.352 e. The number of rotatable bonds is 5. The van der Waals surface area contributed by atoms with Crippen molar-refractivity contribution in [3.05, 3.63) is 22.5 Å². The van der Waals surface area contributed by atoms with E-state index in [1.165, 1.54) is 0 Å². The number of nitrogens with one attached hydrogen (secondary N) is 1. The lowest BCUT2D eigenvalue weighted by atomic mass is 9.92. The number of fused-ring (bicyclic) bond motifs is 1. The van der Waals surface area contributed by atoms with Crippen LogP contribution < -0.4 is 0 Å². The number of carboxylic acid groups (broad SMARTS) is 1. The third-order valence-corrected chi connectivity index (χ3v) is 3.51. The van der Waals surface area contributed by atoms with Gasteiger partial charge in [0.1, 0.15) is 5.69 Å². The van der Waals surface area contributed by atoms with Crippen LogP contribution in [0.1, 0.15) is 53.5 Å². The average Bonchev–Trinajstić information content (AvgIpc) is 2.75. The fourth-order valence-corrected chi connectivity index (χ4v) is 2.67. The monoisotopic (exact) mass is 265 g/mol. The van der Waals surface area contributed by atoms with E-state index in [-0.39, 0.29) is 18.1 Å². The summed E-state index contributed by atoms with van der Waals surface area (Å²) in [5, 5.41) is 9.24. The molecule has 1 aromatic heterocycles. The van der Waals surface area contributed by atoms with Crippen LogP contribution in [0.4, 0.5) is 0 Å². The zero-order valence-electron chi connectivity index (χ0n) is 11.1. The first-order chi connectivity index (χ1) is 9.13. The maximum absolute atomic E-state index is 11.4. The minimum absolute atomic E-state index is 0.235. The zero-order chi connectivity index (χ0) is 13.8. The summed E-state index contributed by atoms with van der Waals surface area (Å²) in [6.07, 6.45) is 4.64. The molecule has 0 amide bonds. The predicted octanol–water partition coefficient (Wildman–Crippen LogP) is 2.09. The Kier molecular flexibility index (Phi) is 4.24. The van der Waals surface area contributed by atoms with Gasteiger partial charge in [0.2, 0.25) is 0 Å². The number of aromatic carboxylic acids is 1. The van der Waals surface area contributed by atoms with E-state index in [0.29, 0.717) is 13.0 Å². The van der Waals surface area contributed by atoms with Crippen LogP contribution in [-0.2, 0) is 28.8 Å². The SMILES string of the molecule is CCOC(=O)CCc1c(C(=O)O)[nH]c2c1CCCC2. The van der Waals surface area contributed by atoms with Crippen LogP contribution in [0.15, 0.2) is 0 Å². The van der Waals surface area contributed by atoms with E-state index < -0.39 is 5.97 Å². The highest BCUT2D eigenvalue weighted by atomic mass is 16.5. The molecule has 2 N–H and O–H groups in total. The Morgan fingerprint density at radius 2 is 2.05 bits per heavy atom. The first-order valence-electron chi connectivity index (χ1n) is 6.75. The Bertz CT molecular complexity index is 490. The molecule has 0 unspecified atom stereocenters. The number of aryl methyl sites for hydroxylation is 1. The standard InChI is InChI=1S/C14H19NO4/c1-2-19-12(16)8-7-10-9-5-3-4-6-11(9)15-13(10)14(17)18/h15H,2-8H2,1H3,(H,17,18).